The molecule has 1 unspecified atom stereocenters. The van der Waals surface area contributed by atoms with Gasteiger partial charge in [-0.05, 0) is 57.0 Å². The molecule has 1 atom stereocenters. The fourth-order valence-electron chi connectivity index (χ4n) is 5.91. The van der Waals surface area contributed by atoms with E-state index < -0.39 is 11.8 Å². The number of nitrogens with zero attached hydrogens (tertiary/aromatic N) is 6. The van der Waals surface area contributed by atoms with Crippen LogP contribution < -0.4 is 31.6 Å². The lowest BCUT2D eigenvalue weighted by molar-refractivity contribution is 0.0991. The zero-order chi connectivity index (χ0) is 32.0. The van der Waals surface area contributed by atoms with Crippen molar-refractivity contribution in [1.82, 2.24) is 28.9 Å². The van der Waals surface area contributed by atoms with Crippen LogP contribution in [-0.4, -0.2) is 67.4 Å². The molecular formula is C30H34N10O5. The molecule has 5 aromatic rings. The molecule has 0 fully saturated rings. The van der Waals surface area contributed by atoms with Gasteiger partial charge in [0.25, 0.3) is 5.91 Å². The van der Waals surface area contributed by atoms with E-state index in [-0.39, 0.29) is 17.5 Å². The van der Waals surface area contributed by atoms with E-state index in [0.29, 0.717) is 83.7 Å². The molecule has 15 nitrogen and oxygen atoms in total. The molecule has 2 aromatic carbocycles. The molecule has 234 valence electrons. The van der Waals surface area contributed by atoms with Crippen molar-refractivity contribution in [3.63, 3.8) is 0 Å². The maximum atomic E-state index is 13.4. The highest BCUT2D eigenvalue weighted by Crippen LogP contribution is 2.39. The average Bonchev–Trinajstić information content (AvgIpc) is 3.70. The van der Waals surface area contributed by atoms with E-state index in [1.54, 1.807) is 42.1 Å². The monoisotopic (exact) mass is 614 g/mol. The molecule has 0 saturated carbocycles. The van der Waals surface area contributed by atoms with Crippen molar-refractivity contribution in [2.45, 2.75) is 45.8 Å². The number of ether oxygens (including phenoxy) is 2. The fourth-order valence-corrected chi connectivity index (χ4v) is 5.91. The van der Waals surface area contributed by atoms with Crippen LogP contribution in [0.15, 0.2) is 30.3 Å². The molecule has 0 radical (unpaired) electrons. The molecule has 1 aliphatic rings. The maximum absolute atomic E-state index is 13.4. The lowest BCUT2D eigenvalue weighted by Crippen LogP contribution is -2.24. The Hall–Kier alpha value is -5.60. The van der Waals surface area contributed by atoms with E-state index >= 15 is 0 Å². The number of nitrogens with two attached hydrogens (primary N) is 2. The minimum absolute atomic E-state index is 0.0811. The summed E-state index contributed by atoms with van der Waals surface area (Å²) in [5.41, 5.74) is 15.2. The van der Waals surface area contributed by atoms with Crippen molar-refractivity contribution in [2.75, 3.05) is 31.4 Å². The number of methoxy groups -OCH3 is 1. The highest BCUT2D eigenvalue weighted by molar-refractivity contribution is 6.04. The SMILES string of the molecule is CCn1nc(C)cc1C(=O)Nc1nc2cc(C(N)=O)cc(OC)c2n1CCCC1COc2cc(C(N)=O)cc3nc(NC)n1c23. The summed E-state index contributed by atoms with van der Waals surface area (Å²) in [5.74, 6) is 0.349. The summed E-state index contributed by atoms with van der Waals surface area (Å²) < 4.78 is 17.3. The standard InChI is InChI=1S/C30H34N10O5/c1-5-39-21(9-15(2)37-39)28(43)36-30-35-19-10-16(26(31)41)12-22(44-4)24(19)38(30)8-6-7-18-14-45-23-13-17(27(32)42)11-20-25(23)40(18)29(33-3)34-20/h9-13,18H,5-8,14H2,1-4H3,(H2,31,41)(H2,32,42)(H,33,34)(H,35,36,43). The molecule has 0 spiro atoms. The molecule has 4 heterocycles. The van der Waals surface area contributed by atoms with Crippen LogP contribution in [0.2, 0.25) is 0 Å². The minimum atomic E-state index is -0.620. The number of carbonyl (C=O) groups excluding carboxylic acids is 3. The molecule has 0 aliphatic carbocycles. The van der Waals surface area contributed by atoms with Gasteiger partial charge >= 0.3 is 0 Å². The van der Waals surface area contributed by atoms with Gasteiger partial charge in [0, 0.05) is 31.3 Å². The Morgan fingerprint density at radius 3 is 2.38 bits per heavy atom. The van der Waals surface area contributed by atoms with E-state index in [4.69, 9.17) is 20.9 Å². The lowest BCUT2D eigenvalue weighted by Gasteiger charge is -2.27. The fraction of sp³-hybridized carbons (Fsp3) is 0.333. The zero-order valence-electron chi connectivity index (χ0n) is 25.4. The van der Waals surface area contributed by atoms with Crippen LogP contribution in [0, 0.1) is 6.92 Å². The Morgan fingerprint density at radius 2 is 1.71 bits per heavy atom. The number of amides is 3. The van der Waals surface area contributed by atoms with Crippen LogP contribution in [-0.2, 0) is 13.1 Å². The van der Waals surface area contributed by atoms with Crippen LogP contribution in [0.25, 0.3) is 22.1 Å². The largest absolute Gasteiger partial charge is 0.494 e. The summed E-state index contributed by atoms with van der Waals surface area (Å²) in [4.78, 5) is 46.7. The third-order valence-electron chi connectivity index (χ3n) is 7.94. The van der Waals surface area contributed by atoms with Crippen LogP contribution in [0.4, 0.5) is 11.9 Å². The van der Waals surface area contributed by atoms with Gasteiger partial charge in [-0.1, -0.05) is 0 Å². The molecule has 15 heteroatoms. The zero-order valence-corrected chi connectivity index (χ0v) is 25.4. The van der Waals surface area contributed by atoms with E-state index in [1.807, 2.05) is 18.4 Å². The predicted octanol–water partition coefficient (Wildman–Crippen LogP) is 2.83. The third-order valence-corrected chi connectivity index (χ3v) is 7.94. The number of carbonyl (C=O) groups is 3. The summed E-state index contributed by atoms with van der Waals surface area (Å²) in [7, 11) is 3.29. The van der Waals surface area contributed by atoms with Crippen molar-refractivity contribution in [3.8, 4) is 11.5 Å². The smallest absolute Gasteiger partial charge is 0.276 e. The second kappa shape index (κ2) is 11.5. The van der Waals surface area contributed by atoms with Gasteiger partial charge in [-0.3, -0.25) is 24.4 Å². The Labute approximate surface area is 257 Å². The van der Waals surface area contributed by atoms with Crippen LogP contribution in [0.1, 0.15) is 62.7 Å². The average molecular weight is 615 g/mol. The summed E-state index contributed by atoms with van der Waals surface area (Å²) in [6, 6.07) is 8.09. The summed E-state index contributed by atoms with van der Waals surface area (Å²) >= 11 is 0. The first-order valence-corrected chi connectivity index (χ1v) is 14.5. The number of nitrogens with one attached hydrogen (secondary N) is 2. The lowest BCUT2D eigenvalue weighted by atomic mass is 10.1. The Balaban J connectivity index is 1.34. The van der Waals surface area contributed by atoms with Gasteiger partial charge in [-0.25, -0.2) is 9.97 Å². The molecule has 0 bridgehead atoms. The number of benzene rings is 2. The molecule has 45 heavy (non-hydrogen) atoms. The van der Waals surface area contributed by atoms with Gasteiger partial charge in [0.05, 0.1) is 29.9 Å². The molecule has 0 saturated heterocycles. The number of fused-ring (bicyclic) bond motifs is 1. The number of aromatic nitrogens is 6. The minimum Gasteiger partial charge on any atom is -0.494 e. The van der Waals surface area contributed by atoms with Crippen molar-refractivity contribution in [3.05, 3.63) is 52.8 Å². The molecule has 1 aliphatic heterocycles. The second-order valence-corrected chi connectivity index (χ2v) is 10.8. The van der Waals surface area contributed by atoms with Gasteiger partial charge in [-0.2, -0.15) is 5.10 Å². The number of rotatable bonds is 11. The summed E-state index contributed by atoms with van der Waals surface area (Å²) in [5, 5.41) is 10.5. The Bertz CT molecular complexity index is 1990. The van der Waals surface area contributed by atoms with Crippen molar-refractivity contribution < 1.29 is 23.9 Å². The van der Waals surface area contributed by atoms with Gasteiger partial charge in [0.15, 0.2) is 0 Å². The number of hydrogen-bond donors (Lipinski definition) is 4. The van der Waals surface area contributed by atoms with Crippen molar-refractivity contribution in [2.24, 2.45) is 11.5 Å². The quantitative estimate of drug-likeness (QED) is 0.173. The predicted molar refractivity (Wildman–Crippen MR) is 167 cm³/mol. The molecule has 3 aromatic heterocycles. The number of primary amides is 2. The number of aryl methyl sites for hydroxylation is 3. The second-order valence-electron chi connectivity index (χ2n) is 10.8. The van der Waals surface area contributed by atoms with Crippen LogP contribution in [0.3, 0.4) is 0 Å². The van der Waals surface area contributed by atoms with Crippen LogP contribution in [0.5, 0.6) is 11.5 Å². The summed E-state index contributed by atoms with van der Waals surface area (Å²) in [6.45, 7) is 5.06. The first-order valence-electron chi connectivity index (χ1n) is 14.5. The van der Waals surface area contributed by atoms with E-state index in [2.05, 4.69) is 30.3 Å². The highest BCUT2D eigenvalue weighted by atomic mass is 16.5. The van der Waals surface area contributed by atoms with Crippen LogP contribution >= 0.6 is 0 Å². The van der Waals surface area contributed by atoms with E-state index in [9.17, 15) is 14.4 Å². The highest BCUT2D eigenvalue weighted by Gasteiger charge is 2.28. The molecular weight excluding hydrogens is 580 g/mol. The van der Waals surface area contributed by atoms with Crippen molar-refractivity contribution >= 4 is 51.7 Å². The third kappa shape index (κ3) is 5.15. The number of hydrogen-bond acceptors (Lipinski definition) is 9. The normalized spacial score (nSPS) is 14.0. The number of anilines is 2. The van der Waals surface area contributed by atoms with Gasteiger partial charge in [-0.15, -0.1) is 0 Å². The Kier molecular flexibility index (Phi) is 7.52. The van der Waals surface area contributed by atoms with Crippen molar-refractivity contribution in [1.29, 1.82) is 0 Å². The first kappa shape index (κ1) is 29.5. The molecule has 3 amide bonds. The van der Waals surface area contributed by atoms with E-state index in [1.165, 1.54) is 7.11 Å². The topological polar surface area (TPSA) is 199 Å². The number of imidazole rings is 2. The Morgan fingerprint density at radius 1 is 1.02 bits per heavy atom. The molecule has 6 N–H and O–H groups in total. The summed E-state index contributed by atoms with van der Waals surface area (Å²) in [6.07, 6.45) is 1.32. The van der Waals surface area contributed by atoms with E-state index in [0.717, 1.165) is 11.2 Å². The maximum Gasteiger partial charge on any atom is 0.276 e. The first-order chi connectivity index (χ1) is 21.6. The van der Waals surface area contributed by atoms with Gasteiger partial charge < -0.3 is 35.4 Å². The van der Waals surface area contributed by atoms with Gasteiger partial charge in [0.2, 0.25) is 23.7 Å². The molecule has 6 rings (SSSR count). The van der Waals surface area contributed by atoms with Gasteiger partial charge in [0.1, 0.15) is 34.8 Å².